The van der Waals surface area contributed by atoms with E-state index in [1.165, 1.54) is 0 Å². The lowest BCUT2D eigenvalue weighted by atomic mass is 9.75. The van der Waals surface area contributed by atoms with E-state index >= 15 is 0 Å². The van der Waals surface area contributed by atoms with Gasteiger partial charge in [0.1, 0.15) is 11.4 Å². The molecule has 1 aromatic carbocycles. The Labute approximate surface area is 121 Å². The van der Waals surface area contributed by atoms with Gasteiger partial charge in [0, 0.05) is 0 Å². The number of methoxy groups -OCH3 is 1. The Morgan fingerprint density at radius 1 is 1.30 bits per heavy atom. The van der Waals surface area contributed by atoms with Gasteiger partial charge < -0.3 is 9.84 Å². The van der Waals surface area contributed by atoms with Crippen molar-refractivity contribution in [3.05, 3.63) is 28.8 Å². The molecule has 0 spiro atoms. The lowest BCUT2D eigenvalue weighted by molar-refractivity contribution is 0.00398. The van der Waals surface area contributed by atoms with Crippen LogP contribution in [0.25, 0.3) is 0 Å². The second kappa shape index (κ2) is 5.57. The predicted octanol–water partition coefficient (Wildman–Crippen LogP) is 3.44. The zero-order chi connectivity index (χ0) is 14.9. The van der Waals surface area contributed by atoms with E-state index in [-0.39, 0.29) is 5.78 Å². The second-order valence-corrected chi connectivity index (χ2v) is 6.20. The average Bonchev–Trinajstić information content (AvgIpc) is 2.40. The summed E-state index contributed by atoms with van der Waals surface area (Å²) >= 11 is 0. The van der Waals surface area contributed by atoms with Crippen LogP contribution in [0.15, 0.2) is 12.1 Å². The summed E-state index contributed by atoms with van der Waals surface area (Å²) in [5.74, 6) is 0.974. The van der Waals surface area contributed by atoms with E-state index in [0.717, 1.165) is 24.0 Å². The van der Waals surface area contributed by atoms with E-state index in [2.05, 4.69) is 6.92 Å². The van der Waals surface area contributed by atoms with Crippen LogP contribution in [0, 0.1) is 19.8 Å². The van der Waals surface area contributed by atoms with Gasteiger partial charge in [-0.1, -0.05) is 13.0 Å². The number of benzene rings is 1. The lowest BCUT2D eigenvalue weighted by Gasteiger charge is -2.34. The molecule has 0 saturated heterocycles. The minimum absolute atomic E-state index is 0.182. The molecule has 1 aliphatic rings. The first-order valence-corrected chi connectivity index (χ1v) is 7.30. The molecule has 1 N–H and O–H groups in total. The summed E-state index contributed by atoms with van der Waals surface area (Å²) in [5, 5.41) is 10.7. The zero-order valence-corrected chi connectivity index (χ0v) is 12.8. The molecule has 0 bridgehead atoms. The van der Waals surface area contributed by atoms with Gasteiger partial charge in [0.2, 0.25) is 0 Å². The molecule has 2 rings (SSSR count). The van der Waals surface area contributed by atoms with Crippen molar-refractivity contribution in [2.24, 2.45) is 5.92 Å². The third-order valence-corrected chi connectivity index (χ3v) is 4.41. The fourth-order valence-corrected chi connectivity index (χ4v) is 3.08. The summed E-state index contributed by atoms with van der Waals surface area (Å²) in [6.45, 7) is 6.04. The summed E-state index contributed by atoms with van der Waals surface area (Å²) in [6, 6.07) is 3.82. The minimum Gasteiger partial charge on any atom is -0.496 e. The maximum Gasteiger partial charge on any atom is 0.198 e. The molecule has 20 heavy (non-hydrogen) atoms. The van der Waals surface area contributed by atoms with Gasteiger partial charge in [-0.15, -0.1) is 0 Å². The molecule has 1 aliphatic carbocycles. The average molecular weight is 276 g/mol. The molecule has 0 aliphatic heterocycles. The highest BCUT2D eigenvalue weighted by molar-refractivity contribution is 6.05. The number of aliphatic hydroxyl groups is 1. The number of aryl methyl sites for hydroxylation is 2. The SMILES string of the molecule is COc1cc(C)cc(C)c1C(=O)C1(O)CCC(C)CC1. The number of carbonyl (C=O) groups excluding carboxylic acids is 1. The van der Waals surface area contributed by atoms with E-state index in [9.17, 15) is 9.90 Å². The molecule has 0 aromatic heterocycles. The van der Waals surface area contributed by atoms with Crippen LogP contribution in [0.5, 0.6) is 5.75 Å². The Balaban J connectivity index is 2.38. The number of rotatable bonds is 3. The Hall–Kier alpha value is -1.35. The van der Waals surface area contributed by atoms with Gasteiger partial charge in [0.25, 0.3) is 0 Å². The number of hydrogen-bond acceptors (Lipinski definition) is 3. The van der Waals surface area contributed by atoms with Crippen LogP contribution in [0.4, 0.5) is 0 Å². The van der Waals surface area contributed by atoms with Crippen LogP contribution in [-0.4, -0.2) is 23.6 Å². The van der Waals surface area contributed by atoms with Crippen molar-refractivity contribution in [3.63, 3.8) is 0 Å². The van der Waals surface area contributed by atoms with E-state index < -0.39 is 5.60 Å². The monoisotopic (exact) mass is 276 g/mol. The third-order valence-electron chi connectivity index (χ3n) is 4.41. The van der Waals surface area contributed by atoms with E-state index in [0.29, 0.717) is 30.1 Å². The largest absolute Gasteiger partial charge is 0.496 e. The van der Waals surface area contributed by atoms with Crippen molar-refractivity contribution in [2.45, 2.75) is 52.1 Å². The van der Waals surface area contributed by atoms with Crippen molar-refractivity contribution in [2.75, 3.05) is 7.11 Å². The number of hydrogen-bond donors (Lipinski definition) is 1. The molecule has 1 saturated carbocycles. The maximum atomic E-state index is 12.8. The van der Waals surface area contributed by atoms with Crippen molar-refractivity contribution in [1.82, 2.24) is 0 Å². The molecular formula is C17H24O3. The van der Waals surface area contributed by atoms with Gasteiger partial charge in [-0.05, 0) is 62.6 Å². The fraction of sp³-hybridized carbons (Fsp3) is 0.588. The normalized spacial score (nSPS) is 26.4. The standard InChI is InChI=1S/C17H24O3/c1-11-5-7-17(19,8-6-11)16(18)15-13(3)9-12(2)10-14(15)20-4/h9-11,19H,5-8H2,1-4H3. The molecule has 110 valence electrons. The van der Waals surface area contributed by atoms with E-state index in [1.54, 1.807) is 7.11 Å². The summed E-state index contributed by atoms with van der Waals surface area (Å²) in [4.78, 5) is 12.8. The lowest BCUT2D eigenvalue weighted by Crippen LogP contribution is -2.42. The Morgan fingerprint density at radius 3 is 2.45 bits per heavy atom. The first-order chi connectivity index (χ1) is 9.37. The Morgan fingerprint density at radius 2 is 1.90 bits per heavy atom. The zero-order valence-electron chi connectivity index (χ0n) is 12.8. The molecule has 1 fully saturated rings. The number of carbonyl (C=O) groups is 1. The predicted molar refractivity (Wildman–Crippen MR) is 79.4 cm³/mol. The van der Waals surface area contributed by atoms with Crippen molar-refractivity contribution in [1.29, 1.82) is 0 Å². The Bertz CT molecular complexity index is 511. The van der Waals surface area contributed by atoms with Gasteiger partial charge in [-0.3, -0.25) is 4.79 Å². The van der Waals surface area contributed by atoms with Crippen LogP contribution < -0.4 is 4.74 Å². The summed E-state index contributed by atoms with van der Waals surface area (Å²) in [6.07, 6.45) is 2.89. The first kappa shape index (κ1) is 15.0. The fourth-order valence-electron chi connectivity index (χ4n) is 3.08. The topological polar surface area (TPSA) is 46.5 Å². The third kappa shape index (κ3) is 2.73. The van der Waals surface area contributed by atoms with Gasteiger partial charge in [0.05, 0.1) is 12.7 Å². The second-order valence-electron chi connectivity index (χ2n) is 6.20. The van der Waals surface area contributed by atoms with E-state index in [4.69, 9.17) is 4.74 Å². The van der Waals surface area contributed by atoms with Gasteiger partial charge >= 0.3 is 0 Å². The molecule has 3 heteroatoms. The number of Topliss-reactive ketones (excluding diaryl/α,β-unsaturated/α-hetero) is 1. The van der Waals surface area contributed by atoms with Crippen LogP contribution in [0.1, 0.15) is 54.1 Å². The maximum absolute atomic E-state index is 12.8. The summed E-state index contributed by atoms with van der Waals surface area (Å²) in [7, 11) is 1.57. The first-order valence-electron chi connectivity index (χ1n) is 7.30. The molecular weight excluding hydrogens is 252 g/mol. The number of ether oxygens (including phenoxy) is 1. The van der Waals surface area contributed by atoms with Gasteiger partial charge in [-0.25, -0.2) is 0 Å². The highest BCUT2D eigenvalue weighted by Crippen LogP contribution is 2.37. The number of ketones is 1. The van der Waals surface area contributed by atoms with Gasteiger partial charge in [-0.2, -0.15) is 0 Å². The van der Waals surface area contributed by atoms with Crippen LogP contribution in [-0.2, 0) is 0 Å². The van der Waals surface area contributed by atoms with Gasteiger partial charge in [0.15, 0.2) is 5.78 Å². The highest BCUT2D eigenvalue weighted by atomic mass is 16.5. The van der Waals surface area contributed by atoms with Crippen molar-refractivity contribution >= 4 is 5.78 Å². The molecule has 0 radical (unpaired) electrons. The highest BCUT2D eigenvalue weighted by Gasteiger charge is 2.40. The Kier molecular flexibility index (Phi) is 4.19. The molecule has 0 unspecified atom stereocenters. The molecule has 0 atom stereocenters. The van der Waals surface area contributed by atoms with Crippen LogP contribution >= 0.6 is 0 Å². The van der Waals surface area contributed by atoms with Crippen LogP contribution in [0.2, 0.25) is 0 Å². The van der Waals surface area contributed by atoms with Crippen LogP contribution in [0.3, 0.4) is 0 Å². The van der Waals surface area contributed by atoms with Crippen molar-refractivity contribution < 1.29 is 14.6 Å². The van der Waals surface area contributed by atoms with E-state index in [1.807, 2.05) is 26.0 Å². The molecule has 0 amide bonds. The molecule has 1 aromatic rings. The quantitative estimate of drug-likeness (QED) is 0.860. The minimum atomic E-state index is -1.22. The molecule has 0 heterocycles. The summed E-state index contributed by atoms with van der Waals surface area (Å²) < 4.78 is 5.35. The smallest absolute Gasteiger partial charge is 0.198 e. The van der Waals surface area contributed by atoms with Crippen molar-refractivity contribution in [3.8, 4) is 5.75 Å². The molecule has 3 nitrogen and oxygen atoms in total. The summed E-state index contributed by atoms with van der Waals surface area (Å²) in [5.41, 5.74) is 1.24.